The van der Waals surface area contributed by atoms with Crippen LogP contribution >= 0.6 is 8.17 Å². The quantitative estimate of drug-likeness (QED) is 0.360. The maximum atomic E-state index is 12.5. The molecule has 5 atom stereocenters. The number of esters is 1. The third-order valence-corrected chi connectivity index (χ3v) is 7.00. The summed E-state index contributed by atoms with van der Waals surface area (Å²) in [5.41, 5.74) is -3.81. The van der Waals surface area contributed by atoms with Crippen LogP contribution in [0.1, 0.15) is 26.5 Å². The topological polar surface area (TPSA) is 174 Å². The van der Waals surface area contributed by atoms with Crippen molar-refractivity contribution in [2.75, 3.05) is 20.3 Å². The Balaban J connectivity index is 1.50. The Bertz CT molecular complexity index is 1270. The van der Waals surface area contributed by atoms with Crippen molar-refractivity contribution in [3.05, 3.63) is 57.4 Å². The van der Waals surface area contributed by atoms with Gasteiger partial charge in [0.1, 0.15) is 24.4 Å². The van der Waals surface area contributed by atoms with Gasteiger partial charge in [0.2, 0.25) is 5.75 Å². The molecule has 2 aromatic rings. The number of nitrogens with one attached hydrogen (secondary N) is 1. The summed E-state index contributed by atoms with van der Waals surface area (Å²) < 4.78 is 32.6. The molecule has 2 fully saturated rings. The molecule has 2 aliphatic rings. The standard InChI is InChI=1S/C22H26N3O10P/c1-21(2,19(28)31-3)24-36(30)35-14-7-5-4-6-13(14)32-12-15-17(27)22(9-11-33-22)18(34-15)25-10-8-16(26)23-20(25)29/h4-8,10,15,17-18,27H,9,11-12H2,1-3H3,(H,23,26,29)/t15-,17-,18-,22-/m1/s1. The van der Waals surface area contributed by atoms with Gasteiger partial charge in [-0.15, -0.1) is 0 Å². The van der Waals surface area contributed by atoms with E-state index < -0.39 is 55.0 Å². The van der Waals surface area contributed by atoms with Crippen LogP contribution in [-0.2, 0) is 19.0 Å². The number of rotatable bonds is 8. The Morgan fingerprint density at radius 2 is 2.03 bits per heavy atom. The highest BCUT2D eigenvalue weighted by atomic mass is 31.1. The van der Waals surface area contributed by atoms with Crippen LogP contribution in [0.15, 0.2) is 50.9 Å². The number of benzene rings is 1. The van der Waals surface area contributed by atoms with Gasteiger partial charge in [0.05, 0.1) is 13.7 Å². The molecule has 1 aromatic heterocycles. The average Bonchev–Trinajstić information content (AvgIpc) is 3.09. The summed E-state index contributed by atoms with van der Waals surface area (Å²) in [7, 11) is -1.45. The van der Waals surface area contributed by atoms with Gasteiger partial charge in [0.25, 0.3) is 5.56 Å². The van der Waals surface area contributed by atoms with E-state index >= 15 is 0 Å². The molecule has 2 saturated heterocycles. The number of nitrogens with zero attached hydrogens (tertiary/aromatic N) is 2. The molecule has 4 rings (SSSR count). The summed E-state index contributed by atoms with van der Waals surface area (Å²) >= 11 is 0. The summed E-state index contributed by atoms with van der Waals surface area (Å²) in [6.45, 7) is 3.10. The second kappa shape index (κ2) is 10.1. The summed E-state index contributed by atoms with van der Waals surface area (Å²) in [5, 5.41) is 11.0. The number of H-pyrrole nitrogens is 1. The van der Waals surface area contributed by atoms with Gasteiger partial charge in [0.15, 0.2) is 17.5 Å². The first kappa shape index (κ1) is 26.0. The first-order chi connectivity index (χ1) is 17.1. The fraction of sp³-hybridized carbons (Fsp3) is 0.500. The van der Waals surface area contributed by atoms with Gasteiger partial charge in [-0.25, -0.2) is 9.59 Å². The molecule has 2 aliphatic heterocycles. The van der Waals surface area contributed by atoms with Crippen LogP contribution in [0.5, 0.6) is 11.5 Å². The second-order valence-corrected chi connectivity index (χ2v) is 9.64. The summed E-state index contributed by atoms with van der Waals surface area (Å²) in [6.07, 6.45) is -1.32. The molecule has 1 spiro atoms. The number of aliphatic hydroxyl groups is 1. The van der Waals surface area contributed by atoms with E-state index in [0.29, 0.717) is 13.0 Å². The third-order valence-electron chi connectivity index (χ3n) is 5.99. The Morgan fingerprint density at radius 1 is 1.33 bits per heavy atom. The number of hydrogen-bond acceptors (Lipinski definition) is 11. The van der Waals surface area contributed by atoms with Crippen LogP contribution in [0.25, 0.3) is 0 Å². The molecule has 36 heavy (non-hydrogen) atoms. The van der Waals surface area contributed by atoms with E-state index in [1.54, 1.807) is 18.2 Å². The second-order valence-electron chi connectivity index (χ2n) is 8.78. The van der Waals surface area contributed by atoms with Crippen LogP contribution in [0, 0.1) is 0 Å². The predicted molar refractivity (Wildman–Crippen MR) is 123 cm³/mol. The van der Waals surface area contributed by atoms with Gasteiger partial charge in [-0.3, -0.25) is 18.9 Å². The fourth-order valence-electron chi connectivity index (χ4n) is 4.04. The Morgan fingerprint density at radius 3 is 2.64 bits per heavy atom. The zero-order valence-electron chi connectivity index (χ0n) is 19.8. The number of aliphatic hydroxyl groups excluding tert-OH is 1. The molecule has 0 aliphatic carbocycles. The molecule has 13 nitrogen and oxygen atoms in total. The lowest BCUT2D eigenvalue weighted by atomic mass is 9.86. The van der Waals surface area contributed by atoms with Crippen LogP contribution in [-0.4, -0.2) is 64.3 Å². The summed E-state index contributed by atoms with van der Waals surface area (Å²) in [5.74, 6) is -0.385. The fourth-order valence-corrected chi connectivity index (χ4v) is 4.89. The van der Waals surface area contributed by atoms with Gasteiger partial charge in [0, 0.05) is 18.7 Å². The smallest absolute Gasteiger partial charge is 0.395 e. The van der Waals surface area contributed by atoms with Gasteiger partial charge in [-0.2, -0.15) is 0 Å². The van der Waals surface area contributed by atoms with Crippen LogP contribution in [0.4, 0.5) is 0 Å². The number of aromatic amines is 1. The highest BCUT2D eigenvalue weighted by Gasteiger charge is 2.62. The van der Waals surface area contributed by atoms with Crippen LogP contribution in [0.2, 0.25) is 0 Å². The number of hydrogen-bond donors (Lipinski definition) is 2. The maximum Gasteiger partial charge on any atom is 0.395 e. The number of para-hydroxylation sites is 2. The van der Waals surface area contributed by atoms with E-state index in [1.165, 1.54) is 39.3 Å². The zero-order valence-corrected chi connectivity index (χ0v) is 20.7. The maximum absolute atomic E-state index is 12.5. The Labute approximate surface area is 206 Å². The van der Waals surface area contributed by atoms with Crippen molar-refractivity contribution >= 4 is 14.1 Å². The third kappa shape index (κ3) is 4.93. The average molecular weight is 523 g/mol. The molecule has 194 valence electrons. The lowest BCUT2D eigenvalue weighted by molar-refractivity contribution is -0.227. The van der Waals surface area contributed by atoms with Crippen molar-refractivity contribution in [1.29, 1.82) is 0 Å². The number of aromatic nitrogens is 2. The monoisotopic (exact) mass is 523 g/mol. The molecule has 14 heteroatoms. The Kier molecular flexibility index (Phi) is 7.30. The molecule has 1 aromatic carbocycles. The normalized spacial score (nSPS) is 25.9. The number of carbonyl (C=O) groups excluding carboxylic acids is 1. The van der Waals surface area contributed by atoms with Crippen molar-refractivity contribution < 1.29 is 38.3 Å². The van der Waals surface area contributed by atoms with Crippen molar-refractivity contribution in [1.82, 2.24) is 9.55 Å². The van der Waals surface area contributed by atoms with Gasteiger partial charge in [-0.1, -0.05) is 16.9 Å². The van der Waals surface area contributed by atoms with Crippen molar-refractivity contribution in [2.45, 2.75) is 49.8 Å². The summed E-state index contributed by atoms with van der Waals surface area (Å²) in [4.78, 5) is 50.2. The zero-order chi connectivity index (χ0) is 26.1. The molecule has 1 unspecified atom stereocenters. The van der Waals surface area contributed by atoms with Crippen molar-refractivity contribution in [3.8, 4) is 11.5 Å². The highest BCUT2D eigenvalue weighted by Crippen LogP contribution is 2.48. The van der Waals surface area contributed by atoms with Crippen LogP contribution in [0.3, 0.4) is 0 Å². The number of ether oxygens (including phenoxy) is 4. The highest BCUT2D eigenvalue weighted by molar-refractivity contribution is 7.34. The van der Waals surface area contributed by atoms with E-state index in [2.05, 4.69) is 14.5 Å². The molecule has 3 heterocycles. The first-order valence-electron chi connectivity index (χ1n) is 11.0. The lowest BCUT2D eigenvalue weighted by Crippen LogP contribution is -2.57. The van der Waals surface area contributed by atoms with Gasteiger partial charge < -0.3 is 28.9 Å². The minimum atomic E-state index is -2.66. The van der Waals surface area contributed by atoms with Gasteiger partial charge >= 0.3 is 19.8 Å². The molecule has 0 bridgehead atoms. The number of methoxy groups -OCH3 is 1. The molecule has 0 radical (unpaired) electrons. The minimum absolute atomic E-state index is 0.0959. The largest absolute Gasteiger partial charge is 0.575 e. The van der Waals surface area contributed by atoms with Crippen LogP contribution < -0.4 is 25.4 Å². The molecule has 0 amide bonds. The van der Waals surface area contributed by atoms with Crippen molar-refractivity contribution in [3.63, 3.8) is 0 Å². The van der Waals surface area contributed by atoms with E-state index in [9.17, 15) is 24.4 Å². The molecule has 2 N–H and O–H groups in total. The molecular weight excluding hydrogens is 497 g/mol. The minimum Gasteiger partial charge on any atom is -0.575 e. The first-order valence-corrected chi connectivity index (χ1v) is 12.2. The van der Waals surface area contributed by atoms with Crippen molar-refractivity contribution in [2.24, 2.45) is 4.74 Å². The lowest BCUT2D eigenvalue weighted by Gasteiger charge is -2.44. The SMILES string of the molecule is COC(=O)C(C)(C)N=[P+]([O-])Oc1ccccc1OC[C@H]1O[C@@H](n2ccc(=O)[nH]c2=O)[C@@]2(CCO2)[C@@H]1O. The van der Waals surface area contributed by atoms with E-state index in [1.807, 2.05) is 0 Å². The molecule has 0 saturated carbocycles. The van der Waals surface area contributed by atoms with E-state index in [-0.39, 0.29) is 18.1 Å². The van der Waals surface area contributed by atoms with Gasteiger partial charge in [-0.05, 0) is 26.0 Å². The molecular formula is C22H26N3O10P. The Hall–Kier alpha value is -3.09. The predicted octanol–water partition coefficient (Wildman–Crippen LogP) is 0.219. The van der Waals surface area contributed by atoms with E-state index in [4.69, 9.17) is 18.7 Å². The summed E-state index contributed by atoms with van der Waals surface area (Å²) in [6, 6.07) is 7.54. The number of carbonyl (C=O) groups is 1. The van der Waals surface area contributed by atoms with E-state index in [0.717, 1.165) is 4.57 Å².